The van der Waals surface area contributed by atoms with Gasteiger partial charge in [0.05, 0.1) is 7.11 Å². The number of amides is 3. The van der Waals surface area contributed by atoms with Crippen LogP contribution in [0.3, 0.4) is 0 Å². The van der Waals surface area contributed by atoms with Gasteiger partial charge >= 0.3 is 16.1 Å². The molecule has 0 saturated carbocycles. The van der Waals surface area contributed by atoms with E-state index >= 15 is 0 Å². The van der Waals surface area contributed by atoms with Crippen molar-refractivity contribution in [2.45, 2.75) is 37.1 Å². The van der Waals surface area contributed by atoms with Crippen molar-refractivity contribution in [2.24, 2.45) is 0 Å². The molecule has 2 aromatic rings. The van der Waals surface area contributed by atoms with E-state index in [0.717, 1.165) is 5.56 Å². The second-order valence-corrected chi connectivity index (χ2v) is 8.25. The third-order valence-electron chi connectivity index (χ3n) is 4.58. The molecule has 0 radical (unpaired) electrons. The quantitative estimate of drug-likeness (QED) is 0.503. The predicted octanol–water partition coefficient (Wildman–Crippen LogP) is 2.30. The maximum Gasteiger partial charge on any atom is 0.339 e. The molecular weight excluding hydrogens is 396 g/mol. The van der Waals surface area contributed by atoms with Gasteiger partial charge in [0.1, 0.15) is 10.9 Å². The summed E-state index contributed by atoms with van der Waals surface area (Å²) in [5.41, 5.74) is 1.56. The Morgan fingerprint density at radius 1 is 1.07 bits per heavy atom. The lowest BCUT2D eigenvalue weighted by atomic mass is 10.0. The molecule has 0 aromatic heterocycles. The van der Waals surface area contributed by atoms with Gasteiger partial charge in [-0.15, -0.1) is 0 Å². The van der Waals surface area contributed by atoms with Crippen LogP contribution in [0.2, 0.25) is 0 Å². The fraction of sp³-hybridized carbons (Fsp3) is 0.300. The topological polar surface area (TPSA) is 111 Å². The predicted molar refractivity (Wildman–Crippen MR) is 105 cm³/mol. The number of para-hydroxylation sites is 1. The Kier molecular flexibility index (Phi) is 6.07. The highest BCUT2D eigenvalue weighted by Crippen LogP contribution is 2.34. The molecule has 1 aliphatic heterocycles. The van der Waals surface area contributed by atoms with Gasteiger partial charge in [0, 0.05) is 0 Å². The summed E-state index contributed by atoms with van der Waals surface area (Å²) < 4.78 is 36.2. The molecule has 9 heteroatoms. The van der Waals surface area contributed by atoms with Crippen LogP contribution in [-0.4, -0.2) is 33.5 Å². The van der Waals surface area contributed by atoms with Gasteiger partial charge < -0.3 is 14.2 Å². The van der Waals surface area contributed by atoms with E-state index in [1.807, 2.05) is 6.92 Å². The van der Waals surface area contributed by atoms with Crippen molar-refractivity contribution >= 4 is 22.1 Å². The Morgan fingerprint density at radius 3 is 2.41 bits per heavy atom. The smallest absolute Gasteiger partial charge is 0.339 e. The number of methoxy groups -OCH3 is 1. The molecule has 3 amide bonds. The number of benzene rings is 2. The number of aryl methyl sites for hydroxylation is 2. The summed E-state index contributed by atoms with van der Waals surface area (Å²) in [5, 5.41) is 4.73. The van der Waals surface area contributed by atoms with Gasteiger partial charge in [-0.2, -0.15) is 8.42 Å². The number of hydrogen-bond donors (Lipinski definition) is 2. The zero-order valence-electron chi connectivity index (χ0n) is 16.1. The van der Waals surface area contributed by atoms with Crippen molar-refractivity contribution in [1.29, 1.82) is 0 Å². The molecule has 1 fully saturated rings. The van der Waals surface area contributed by atoms with E-state index < -0.39 is 22.2 Å². The molecule has 1 atom stereocenters. The third kappa shape index (κ3) is 4.86. The van der Waals surface area contributed by atoms with E-state index in [2.05, 4.69) is 10.6 Å². The van der Waals surface area contributed by atoms with Crippen molar-refractivity contribution in [3.8, 4) is 11.5 Å². The minimum absolute atomic E-state index is 0.0466. The molecule has 1 aliphatic rings. The zero-order chi connectivity index (χ0) is 21.0. The summed E-state index contributed by atoms with van der Waals surface area (Å²) in [6, 6.07) is 10.4. The Bertz CT molecular complexity index is 1020. The van der Waals surface area contributed by atoms with Gasteiger partial charge in [-0.1, -0.05) is 29.8 Å². The molecule has 0 spiro atoms. The number of carbonyl (C=O) groups is 2. The largest absolute Gasteiger partial charge is 0.493 e. The van der Waals surface area contributed by atoms with Gasteiger partial charge in [-0.05, 0) is 49.9 Å². The maximum atomic E-state index is 12.7. The third-order valence-corrected chi connectivity index (χ3v) is 5.82. The minimum Gasteiger partial charge on any atom is -0.493 e. The normalized spacial score (nSPS) is 16.3. The average Bonchev–Trinajstić information content (AvgIpc) is 3.00. The number of nitrogens with one attached hydrogen (secondary N) is 2. The Balaban J connectivity index is 1.78. The molecule has 1 saturated heterocycles. The molecule has 3 rings (SSSR count). The van der Waals surface area contributed by atoms with E-state index in [-0.39, 0.29) is 16.6 Å². The first kappa shape index (κ1) is 20.7. The lowest BCUT2D eigenvalue weighted by molar-refractivity contribution is -0.120. The van der Waals surface area contributed by atoms with Gasteiger partial charge in [-0.3, -0.25) is 10.1 Å². The van der Waals surface area contributed by atoms with Crippen LogP contribution < -0.4 is 19.6 Å². The SMILES string of the molecule is COc1cccc(CCCC2NC(=O)NC2=O)c1OS(=O)(=O)c1ccc(C)cc1. The molecular formula is C20H22N2O6S. The molecule has 0 aliphatic carbocycles. The van der Waals surface area contributed by atoms with Gasteiger partial charge in [0.15, 0.2) is 11.5 Å². The van der Waals surface area contributed by atoms with E-state index in [9.17, 15) is 18.0 Å². The van der Waals surface area contributed by atoms with Gasteiger partial charge in [0.25, 0.3) is 5.91 Å². The highest BCUT2D eigenvalue weighted by Gasteiger charge is 2.29. The second-order valence-electron chi connectivity index (χ2n) is 6.71. The van der Waals surface area contributed by atoms with Crippen LogP contribution in [-0.2, 0) is 21.3 Å². The first-order chi connectivity index (χ1) is 13.8. The first-order valence-corrected chi connectivity index (χ1v) is 10.5. The van der Waals surface area contributed by atoms with Crippen molar-refractivity contribution < 1.29 is 26.9 Å². The van der Waals surface area contributed by atoms with E-state index in [1.165, 1.54) is 19.2 Å². The number of urea groups is 1. The van der Waals surface area contributed by atoms with E-state index in [0.29, 0.717) is 30.6 Å². The zero-order valence-corrected chi connectivity index (χ0v) is 16.9. The molecule has 154 valence electrons. The summed E-state index contributed by atoms with van der Waals surface area (Å²) in [5.74, 6) is 0.0552. The van der Waals surface area contributed by atoms with Crippen molar-refractivity contribution in [3.05, 3.63) is 53.6 Å². The minimum atomic E-state index is -4.04. The Morgan fingerprint density at radius 2 is 1.79 bits per heavy atom. The highest BCUT2D eigenvalue weighted by molar-refractivity contribution is 7.87. The summed E-state index contributed by atoms with van der Waals surface area (Å²) in [4.78, 5) is 22.9. The summed E-state index contributed by atoms with van der Waals surface area (Å²) >= 11 is 0. The summed E-state index contributed by atoms with van der Waals surface area (Å²) in [6.07, 6.45) is 1.39. The maximum absolute atomic E-state index is 12.7. The number of carbonyl (C=O) groups excluding carboxylic acids is 2. The molecule has 1 unspecified atom stereocenters. The van der Waals surface area contributed by atoms with E-state index in [4.69, 9.17) is 8.92 Å². The van der Waals surface area contributed by atoms with Crippen LogP contribution in [0.4, 0.5) is 4.79 Å². The fourth-order valence-corrected chi connectivity index (χ4v) is 4.01. The van der Waals surface area contributed by atoms with Crippen LogP contribution in [0, 0.1) is 6.92 Å². The lowest BCUT2D eigenvalue weighted by Crippen LogP contribution is -2.28. The van der Waals surface area contributed by atoms with Crippen LogP contribution in [0.5, 0.6) is 11.5 Å². The Labute approximate surface area is 169 Å². The molecule has 8 nitrogen and oxygen atoms in total. The number of ether oxygens (including phenoxy) is 1. The standard InChI is InChI=1S/C20H22N2O6S/c1-13-9-11-15(12-10-13)29(25,26)28-18-14(6-4-8-17(18)27-2)5-3-7-16-19(23)22-20(24)21-16/h4,6,8-12,16H,3,5,7H2,1-2H3,(H2,21,22,23,24). The summed E-state index contributed by atoms with van der Waals surface area (Å²) in [6.45, 7) is 1.86. The summed E-state index contributed by atoms with van der Waals surface area (Å²) in [7, 11) is -2.61. The highest BCUT2D eigenvalue weighted by atomic mass is 32.2. The number of rotatable bonds is 8. The van der Waals surface area contributed by atoms with Crippen LogP contribution >= 0.6 is 0 Å². The number of imide groups is 1. The first-order valence-electron chi connectivity index (χ1n) is 9.08. The molecule has 2 aromatic carbocycles. The van der Waals surface area contributed by atoms with Crippen LogP contribution in [0.15, 0.2) is 47.4 Å². The Hall–Kier alpha value is -3.07. The molecule has 2 N–H and O–H groups in total. The van der Waals surface area contributed by atoms with Crippen molar-refractivity contribution in [2.75, 3.05) is 7.11 Å². The van der Waals surface area contributed by atoms with E-state index in [1.54, 1.807) is 30.3 Å². The van der Waals surface area contributed by atoms with Crippen LogP contribution in [0.1, 0.15) is 24.0 Å². The molecule has 0 bridgehead atoms. The lowest BCUT2D eigenvalue weighted by Gasteiger charge is -2.15. The van der Waals surface area contributed by atoms with Crippen molar-refractivity contribution in [3.63, 3.8) is 0 Å². The fourth-order valence-electron chi connectivity index (χ4n) is 3.04. The van der Waals surface area contributed by atoms with Crippen molar-refractivity contribution in [1.82, 2.24) is 10.6 Å². The van der Waals surface area contributed by atoms with Gasteiger partial charge in [0.2, 0.25) is 0 Å². The van der Waals surface area contributed by atoms with Gasteiger partial charge in [-0.25, -0.2) is 4.79 Å². The second kappa shape index (κ2) is 8.52. The monoisotopic (exact) mass is 418 g/mol. The molecule has 1 heterocycles. The number of hydrogen-bond acceptors (Lipinski definition) is 6. The molecule has 29 heavy (non-hydrogen) atoms. The van der Waals surface area contributed by atoms with Crippen LogP contribution in [0.25, 0.3) is 0 Å². The average molecular weight is 418 g/mol.